The van der Waals surface area contributed by atoms with Crippen molar-refractivity contribution in [1.82, 2.24) is 14.9 Å². The number of carbonyl (C=O) groups is 1. The Balaban J connectivity index is 1.43. The Morgan fingerprint density at radius 2 is 2.00 bits per heavy atom. The van der Waals surface area contributed by atoms with Crippen molar-refractivity contribution in [2.75, 3.05) is 13.1 Å². The van der Waals surface area contributed by atoms with Crippen molar-refractivity contribution in [2.45, 2.75) is 38.0 Å². The Bertz CT molecular complexity index is 736. The summed E-state index contributed by atoms with van der Waals surface area (Å²) in [6, 6.07) is 6.01. The van der Waals surface area contributed by atoms with Crippen molar-refractivity contribution >= 4 is 28.5 Å². The van der Waals surface area contributed by atoms with Crippen LogP contribution >= 0.6 is 11.6 Å². The van der Waals surface area contributed by atoms with E-state index in [0.717, 1.165) is 49.1 Å². The minimum Gasteiger partial charge on any atom is -0.343 e. The van der Waals surface area contributed by atoms with Gasteiger partial charge in [-0.25, -0.2) is 9.97 Å². The number of aromatic nitrogens is 2. The van der Waals surface area contributed by atoms with Crippen molar-refractivity contribution in [1.29, 1.82) is 0 Å². The third-order valence-electron chi connectivity index (χ3n) is 4.96. The molecule has 0 radical (unpaired) electrons. The summed E-state index contributed by atoms with van der Waals surface area (Å²) in [6.07, 6.45) is 6.84. The first-order valence-electron chi connectivity index (χ1n) is 8.39. The lowest BCUT2D eigenvalue weighted by Gasteiger charge is -2.32. The lowest BCUT2D eigenvalue weighted by Crippen LogP contribution is -2.38. The molecule has 120 valence electrons. The first-order chi connectivity index (χ1) is 11.2. The van der Waals surface area contributed by atoms with Crippen molar-refractivity contribution in [2.24, 2.45) is 5.92 Å². The molecule has 0 spiro atoms. The molecule has 0 bridgehead atoms. The Hall–Kier alpha value is -1.68. The van der Waals surface area contributed by atoms with E-state index in [2.05, 4.69) is 11.1 Å². The monoisotopic (exact) mass is 329 g/mol. The van der Waals surface area contributed by atoms with Gasteiger partial charge in [0.1, 0.15) is 0 Å². The predicted octanol–water partition coefficient (Wildman–Crippen LogP) is 3.79. The number of likely N-dealkylation sites (tertiary alicyclic amines) is 1. The highest BCUT2D eigenvalue weighted by molar-refractivity contribution is 6.31. The van der Waals surface area contributed by atoms with Gasteiger partial charge in [-0.1, -0.05) is 11.6 Å². The van der Waals surface area contributed by atoms with Crippen molar-refractivity contribution < 1.29 is 4.79 Å². The highest BCUT2D eigenvalue weighted by Crippen LogP contribution is 2.34. The Labute approximate surface area is 140 Å². The van der Waals surface area contributed by atoms with Gasteiger partial charge in [0.15, 0.2) is 5.65 Å². The zero-order chi connectivity index (χ0) is 15.8. The molecule has 4 rings (SSSR count). The molecular weight excluding hydrogens is 310 g/mol. The third-order valence-corrected chi connectivity index (χ3v) is 5.16. The van der Waals surface area contributed by atoms with Gasteiger partial charge in [0.05, 0.1) is 5.02 Å². The fourth-order valence-corrected chi connectivity index (χ4v) is 3.51. The molecule has 23 heavy (non-hydrogen) atoms. The van der Waals surface area contributed by atoms with Gasteiger partial charge in [-0.3, -0.25) is 4.79 Å². The number of hydrogen-bond donors (Lipinski definition) is 0. The molecule has 3 heterocycles. The number of fused-ring (bicyclic) bond motifs is 1. The van der Waals surface area contributed by atoms with Crippen LogP contribution < -0.4 is 0 Å². The van der Waals surface area contributed by atoms with E-state index in [1.54, 1.807) is 6.20 Å². The molecule has 4 nitrogen and oxygen atoms in total. The van der Waals surface area contributed by atoms with Crippen LogP contribution in [0.1, 0.15) is 43.7 Å². The fourth-order valence-electron chi connectivity index (χ4n) is 3.35. The van der Waals surface area contributed by atoms with Crippen molar-refractivity contribution in [3.8, 4) is 0 Å². The fraction of sp³-hybridized carbons (Fsp3) is 0.500. The minimum absolute atomic E-state index is 0.341. The summed E-state index contributed by atoms with van der Waals surface area (Å²) in [4.78, 5) is 23.2. The molecular formula is C18H20ClN3O. The van der Waals surface area contributed by atoms with Crippen molar-refractivity contribution in [3.05, 3.63) is 35.1 Å². The Kier molecular flexibility index (Phi) is 3.93. The van der Waals surface area contributed by atoms with Crippen LogP contribution in [-0.4, -0.2) is 33.9 Å². The zero-order valence-electron chi connectivity index (χ0n) is 13.0. The Morgan fingerprint density at radius 3 is 2.74 bits per heavy atom. The van der Waals surface area contributed by atoms with Gasteiger partial charge in [0.2, 0.25) is 5.91 Å². The Morgan fingerprint density at radius 1 is 1.22 bits per heavy atom. The number of amides is 1. The molecule has 1 aliphatic heterocycles. The van der Waals surface area contributed by atoms with E-state index >= 15 is 0 Å². The van der Waals surface area contributed by atoms with Crippen LogP contribution in [-0.2, 0) is 4.79 Å². The summed E-state index contributed by atoms with van der Waals surface area (Å²) in [7, 11) is 0. The summed E-state index contributed by atoms with van der Waals surface area (Å²) in [5.41, 5.74) is 1.83. The normalized spacial score (nSPS) is 19.3. The van der Waals surface area contributed by atoms with E-state index in [4.69, 9.17) is 16.6 Å². The molecule has 1 saturated heterocycles. The molecule has 5 heteroatoms. The number of carbonyl (C=O) groups excluding carboxylic acids is 1. The number of rotatable bonds is 3. The molecule has 1 aliphatic carbocycles. The molecule has 0 unspecified atom stereocenters. The SMILES string of the molecule is O=C(CC1CC1)N1CCC(c2ccc3cc(Cl)cnc3n2)CC1. The highest BCUT2D eigenvalue weighted by atomic mass is 35.5. The molecule has 1 saturated carbocycles. The van der Waals surface area contributed by atoms with Crippen LogP contribution in [0.4, 0.5) is 0 Å². The van der Waals surface area contributed by atoms with Gasteiger partial charge < -0.3 is 4.90 Å². The molecule has 0 N–H and O–H groups in total. The first-order valence-corrected chi connectivity index (χ1v) is 8.77. The number of hydrogen-bond acceptors (Lipinski definition) is 3. The van der Waals surface area contributed by atoms with E-state index in [1.165, 1.54) is 12.8 Å². The third kappa shape index (κ3) is 3.32. The van der Waals surface area contributed by atoms with Crippen LogP contribution in [0.15, 0.2) is 24.4 Å². The number of pyridine rings is 2. The van der Waals surface area contributed by atoms with Gasteiger partial charge >= 0.3 is 0 Å². The van der Waals surface area contributed by atoms with Crippen LogP contribution in [0, 0.1) is 5.92 Å². The van der Waals surface area contributed by atoms with Crippen molar-refractivity contribution in [3.63, 3.8) is 0 Å². The second-order valence-electron chi connectivity index (χ2n) is 6.74. The van der Waals surface area contributed by atoms with E-state index in [0.29, 0.717) is 22.8 Å². The first kappa shape index (κ1) is 14.9. The average Bonchev–Trinajstić information content (AvgIpc) is 3.38. The predicted molar refractivity (Wildman–Crippen MR) is 90.4 cm³/mol. The standard InChI is InChI=1S/C18H20ClN3O/c19-15-10-14-3-4-16(21-18(14)20-11-15)13-5-7-22(8-6-13)17(23)9-12-1-2-12/h3-4,10-13H,1-2,5-9H2. The van der Waals surface area contributed by atoms with Crippen LogP contribution in [0.25, 0.3) is 11.0 Å². The smallest absolute Gasteiger partial charge is 0.222 e. The molecule has 2 fully saturated rings. The lowest BCUT2D eigenvalue weighted by molar-refractivity contribution is -0.132. The van der Waals surface area contributed by atoms with Gasteiger partial charge in [0, 0.05) is 42.7 Å². The summed E-state index contributed by atoms with van der Waals surface area (Å²) < 4.78 is 0. The number of nitrogens with zero attached hydrogens (tertiary/aromatic N) is 3. The average molecular weight is 330 g/mol. The van der Waals surface area contributed by atoms with E-state index in [9.17, 15) is 4.79 Å². The van der Waals surface area contributed by atoms with Gasteiger partial charge in [-0.05, 0) is 49.8 Å². The quantitative estimate of drug-likeness (QED) is 0.860. The molecule has 1 amide bonds. The van der Waals surface area contributed by atoms with Gasteiger partial charge in [-0.15, -0.1) is 0 Å². The molecule has 2 aliphatic rings. The summed E-state index contributed by atoms with van der Waals surface area (Å²) in [6.45, 7) is 1.70. The number of halogens is 1. The molecule has 2 aromatic rings. The summed E-state index contributed by atoms with van der Waals surface area (Å²) in [5, 5.41) is 1.60. The highest BCUT2D eigenvalue weighted by Gasteiger charge is 2.29. The van der Waals surface area contributed by atoms with Gasteiger partial charge in [-0.2, -0.15) is 0 Å². The molecule has 2 aromatic heterocycles. The second kappa shape index (κ2) is 6.08. The zero-order valence-corrected chi connectivity index (χ0v) is 13.8. The van der Waals surface area contributed by atoms with E-state index in [1.807, 2.05) is 17.0 Å². The maximum Gasteiger partial charge on any atom is 0.222 e. The minimum atomic E-state index is 0.341. The van der Waals surface area contributed by atoms with E-state index in [-0.39, 0.29) is 0 Å². The maximum absolute atomic E-state index is 12.2. The number of piperidine rings is 1. The summed E-state index contributed by atoms with van der Waals surface area (Å²) in [5.74, 6) is 1.43. The molecule has 0 atom stereocenters. The van der Waals surface area contributed by atoms with Gasteiger partial charge in [0.25, 0.3) is 0 Å². The van der Waals surface area contributed by atoms with Crippen LogP contribution in [0.2, 0.25) is 5.02 Å². The van der Waals surface area contributed by atoms with E-state index < -0.39 is 0 Å². The topological polar surface area (TPSA) is 46.1 Å². The largest absolute Gasteiger partial charge is 0.343 e. The molecule has 0 aromatic carbocycles. The maximum atomic E-state index is 12.2. The lowest BCUT2D eigenvalue weighted by atomic mass is 9.92. The van der Waals surface area contributed by atoms with Crippen LogP contribution in [0.5, 0.6) is 0 Å². The summed E-state index contributed by atoms with van der Waals surface area (Å²) >= 11 is 5.97. The second-order valence-corrected chi connectivity index (χ2v) is 7.18. The van der Waals surface area contributed by atoms with Crippen LogP contribution in [0.3, 0.4) is 0 Å².